The van der Waals surface area contributed by atoms with E-state index in [-0.39, 0.29) is 16.5 Å². The second-order valence-electron chi connectivity index (χ2n) is 6.60. The molecular weight excluding hydrogens is 366 g/mol. The molecule has 7 nitrogen and oxygen atoms in total. The maximum Gasteiger partial charge on any atom is 0.292 e. The fourth-order valence-electron chi connectivity index (χ4n) is 3.23. The topological polar surface area (TPSA) is 84.5 Å². The minimum absolute atomic E-state index is 0.0137. The maximum absolute atomic E-state index is 12.6. The molecule has 3 rings (SSSR count). The number of para-hydroxylation sites is 1. The Morgan fingerprint density at radius 1 is 1.22 bits per heavy atom. The van der Waals surface area contributed by atoms with Crippen LogP contribution in [-0.2, 0) is 4.79 Å². The van der Waals surface area contributed by atoms with E-state index in [1.165, 1.54) is 4.68 Å². The van der Waals surface area contributed by atoms with E-state index in [0.29, 0.717) is 44.0 Å². The Labute approximate surface area is 163 Å². The Hall–Kier alpha value is -2.38. The summed E-state index contributed by atoms with van der Waals surface area (Å²) in [5.41, 5.74) is 6.84. The molecule has 1 aliphatic rings. The van der Waals surface area contributed by atoms with Crippen LogP contribution in [0, 0.1) is 0 Å². The van der Waals surface area contributed by atoms with Crippen molar-refractivity contribution in [2.75, 3.05) is 31.1 Å². The Bertz CT molecular complexity index is 847. The summed E-state index contributed by atoms with van der Waals surface area (Å²) in [6.45, 7) is 4.28. The molecule has 0 saturated carbocycles. The minimum Gasteiger partial charge on any atom is -0.365 e. The number of nitrogens with two attached hydrogens (primary N) is 1. The lowest BCUT2D eigenvalue weighted by atomic mass is 10.1. The van der Waals surface area contributed by atoms with E-state index in [1.807, 2.05) is 30.0 Å². The SMILES string of the molecule is CCCC(N)C(=O)N1CCN(c2cnn(-c3ccccc3)c(=O)c2Cl)CC1. The Morgan fingerprint density at radius 3 is 2.52 bits per heavy atom. The van der Waals surface area contributed by atoms with Crippen LogP contribution in [0.2, 0.25) is 5.02 Å². The highest BCUT2D eigenvalue weighted by Crippen LogP contribution is 2.23. The van der Waals surface area contributed by atoms with Crippen LogP contribution < -0.4 is 16.2 Å². The van der Waals surface area contributed by atoms with Gasteiger partial charge in [0.25, 0.3) is 5.56 Å². The van der Waals surface area contributed by atoms with Gasteiger partial charge in [0.1, 0.15) is 5.02 Å². The zero-order valence-corrected chi connectivity index (χ0v) is 16.1. The van der Waals surface area contributed by atoms with E-state index in [9.17, 15) is 9.59 Å². The molecule has 1 aliphatic heterocycles. The second-order valence-corrected chi connectivity index (χ2v) is 6.98. The smallest absolute Gasteiger partial charge is 0.292 e. The number of halogens is 1. The molecule has 0 aliphatic carbocycles. The van der Waals surface area contributed by atoms with E-state index in [4.69, 9.17) is 17.3 Å². The summed E-state index contributed by atoms with van der Waals surface area (Å²) in [6.07, 6.45) is 3.18. The number of hydrogen-bond donors (Lipinski definition) is 1. The van der Waals surface area contributed by atoms with Crippen molar-refractivity contribution in [3.63, 3.8) is 0 Å². The molecule has 2 N–H and O–H groups in total. The summed E-state index contributed by atoms with van der Waals surface area (Å²) in [5, 5.41) is 4.40. The molecule has 0 bridgehead atoms. The number of piperazine rings is 1. The first-order valence-electron chi connectivity index (χ1n) is 9.15. The van der Waals surface area contributed by atoms with Crippen molar-refractivity contribution in [1.82, 2.24) is 14.7 Å². The third kappa shape index (κ3) is 4.14. The summed E-state index contributed by atoms with van der Waals surface area (Å²) in [5.74, 6) is -0.0137. The van der Waals surface area contributed by atoms with Crippen molar-refractivity contribution >= 4 is 23.2 Å². The van der Waals surface area contributed by atoms with Crippen molar-refractivity contribution < 1.29 is 4.79 Å². The number of carbonyl (C=O) groups is 1. The fraction of sp³-hybridized carbons (Fsp3) is 0.421. The number of carbonyl (C=O) groups excluding carboxylic acids is 1. The minimum atomic E-state index is -0.443. The van der Waals surface area contributed by atoms with Gasteiger partial charge in [0.05, 0.1) is 23.6 Å². The zero-order valence-electron chi connectivity index (χ0n) is 15.3. The third-order valence-corrected chi connectivity index (χ3v) is 5.11. The molecule has 1 atom stereocenters. The first kappa shape index (κ1) is 19.4. The zero-order chi connectivity index (χ0) is 19.4. The summed E-state index contributed by atoms with van der Waals surface area (Å²) in [6, 6.07) is 8.71. The molecular formula is C19H24ClN5O2. The molecule has 2 heterocycles. The third-order valence-electron chi connectivity index (χ3n) is 4.75. The molecule has 0 radical (unpaired) electrons. The second kappa shape index (κ2) is 8.54. The van der Waals surface area contributed by atoms with Gasteiger partial charge in [-0.25, -0.2) is 0 Å². The van der Waals surface area contributed by atoms with Crippen molar-refractivity contribution in [2.45, 2.75) is 25.8 Å². The number of nitrogens with zero attached hydrogens (tertiary/aromatic N) is 4. The van der Waals surface area contributed by atoms with Gasteiger partial charge in [0.15, 0.2) is 0 Å². The maximum atomic E-state index is 12.6. The molecule has 1 unspecified atom stereocenters. The predicted octanol–water partition coefficient (Wildman–Crippen LogP) is 1.66. The molecule has 144 valence electrons. The summed E-state index contributed by atoms with van der Waals surface area (Å²) in [7, 11) is 0. The molecule has 1 fully saturated rings. The van der Waals surface area contributed by atoms with Crippen molar-refractivity contribution in [3.8, 4) is 5.69 Å². The lowest BCUT2D eigenvalue weighted by molar-refractivity contribution is -0.133. The average Bonchev–Trinajstić information content (AvgIpc) is 2.70. The van der Waals surface area contributed by atoms with E-state index < -0.39 is 6.04 Å². The van der Waals surface area contributed by atoms with Crippen LogP contribution in [0.5, 0.6) is 0 Å². The molecule has 1 amide bonds. The van der Waals surface area contributed by atoms with Crippen molar-refractivity contribution in [2.24, 2.45) is 5.73 Å². The standard InChI is InChI=1S/C19H24ClN5O2/c1-2-6-15(21)18(26)24-11-9-23(10-12-24)16-13-22-25(19(27)17(16)20)14-7-4-3-5-8-14/h3-5,7-8,13,15H,2,6,9-12,21H2,1H3. The summed E-state index contributed by atoms with van der Waals surface area (Å²) >= 11 is 6.36. The van der Waals surface area contributed by atoms with E-state index >= 15 is 0 Å². The molecule has 0 spiro atoms. The van der Waals surface area contributed by atoms with Gasteiger partial charge in [-0.3, -0.25) is 9.59 Å². The quantitative estimate of drug-likeness (QED) is 0.840. The Balaban J connectivity index is 1.73. The molecule has 27 heavy (non-hydrogen) atoms. The van der Waals surface area contributed by atoms with Gasteiger partial charge in [-0.2, -0.15) is 9.78 Å². The van der Waals surface area contributed by atoms with Crippen LogP contribution in [0.1, 0.15) is 19.8 Å². The van der Waals surface area contributed by atoms with Gasteiger partial charge in [0.2, 0.25) is 5.91 Å². The van der Waals surface area contributed by atoms with Crippen molar-refractivity contribution in [3.05, 3.63) is 51.9 Å². The van der Waals surface area contributed by atoms with Gasteiger partial charge in [-0.05, 0) is 18.6 Å². The van der Waals surface area contributed by atoms with Crippen LogP contribution in [0.4, 0.5) is 5.69 Å². The van der Waals surface area contributed by atoms with Crippen molar-refractivity contribution in [1.29, 1.82) is 0 Å². The largest absolute Gasteiger partial charge is 0.365 e. The predicted molar refractivity (Wildman–Crippen MR) is 107 cm³/mol. The number of benzene rings is 1. The molecule has 2 aromatic rings. The van der Waals surface area contributed by atoms with Gasteiger partial charge in [-0.1, -0.05) is 43.1 Å². The van der Waals surface area contributed by atoms with Gasteiger partial charge in [-0.15, -0.1) is 0 Å². The first-order valence-corrected chi connectivity index (χ1v) is 9.53. The monoisotopic (exact) mass is 389 g/mol. The van der Waals surface area contributed by atoms with Crippen LogP contribution in [0.3, 0.4) is 0 Å². The van der Waals surface area contributed by atoms with E-state index in [0.717, 1.165) is 6.42 Å². The van der Waals surface area contributed by atoms with Crippen LogP contribution in [0.15, 0.2) is 41.3 Å². The first-order chi connectivity index (χ1) is 13.0. The van der Waals surface area contributed by atoms with E-state index in [1.54, 1.807) is 23.2 Å². The fourth-order valence-corrected chi connectivity index (χ4v) is 3.48. The number of hydrogen-bond acceptors (Lipinski definition) is 5. The summed E-state index contributed by atoms with van der Waals surface area (Å²) < 4.78 is 1.29. The number of aromatic nitrogens is 2. The Kier molecular flexibility index (Phi) is 6.13. The molecule has 1 saturated heterocycles. The molecule has 1 aromatic heterocycles. The molecule has 8 heteroatoms. The Morgan fingerprint density at radius 2 is 1.89 bits per heavy atom. The molecule has 1 aromatic carbocycles. The van der Waals surface area contributed by atoms with Gasteiger partial charge in [0, 0.05) is 26.2 Å². The highest BCUT2D eigenvalue weighted by molar-refractivity contribution is 6.33. The number of amides is 1. The van der Waals surface area contributed by atoms with Gasteiger partial charge >= 0.3 is 0 Å². The highest BCUT2D eigenvalue weighted by atomic mass is 35.5. The highest BCUT2D eigenvalue weighted by Gasteiger charge is 2.26. The normalized spacial score (nSPS) is 15.7. The van der Waals surface area contributed by atoms with E-state index in [2.05, 4.69) is 5.10 Å². The van der Waals surface area contributed by atoms with Crippen LogP contribution >= 0.6 is 11.6 Å². The lowest BCUT2D eigenvalue weighted by Crippen LogP contribution is -2.53. The number of rotatable bonds is 5. The van der Waals surface area contributed by atoms with Crippen LogP contribution in [-0.4, -0.2) is 52.8 Å². The lowest BCUT2D eigenvalue weighted by Gasteiger charge is -2.37. The number of anilines is 1. The summed E-state index contributed by atoms with van der Waals surface area (Å²) in [4.78, 5) is 28.7. The average molecular weight is 390 g/mol. The van der Waals surface area contributed by atoms with Gasteiger partial charge < -0.3 is 15.5 Å². The van der Waals surface area contributed by atoms with Crippen LogP contribution in [0.25, 0.3) is 5.69 Å².